The molecule has 2 aliphatic rings. The average Bonchev–Trinajstić information content (AvgIpc) is 3.37. The minimum Gasteiger partial charge on any atom is -0.454 e. The first kappa shape index (κ1) is 25.2. The summed E-state index contributed by atoms with van der Waals surface area (Å²) in [7, 11) is 3.31. The van der Waals surface area contributed by atoms with E-state index in [1.54, 1.807) is 20.2 Å². The summed E-state index contributed by atoms with van der Waals surface area (Å²) in [6, 6.07) is 2.93. The lowest BCUT2D eigenvalue weighted by Crippen LogP contribution is -2.44. The summed E-state index contributed by atoms with van der Waals surface area (Å²) in [5.41, 5.74) is 0.406. The first-order valence-electron chi connectivity index (χ1n) is 9.59. The van der Waals surface area contributed by atoms with Gasteiger partial charge in [-0.2, -0.15) is 8.78 Å². The summed E-state index contributed by atoms with van der Waals surface area (Å²) in [5, 5.41) is 6.15. The number of benzene rings is 1. The standard InChI is InChI=1S/C19H26F2N4O5.HI/c1-25(2)17(26)9-24-19(22-7-12-3-4-27-10-12)23-8-13-5-15-16(29-11-28-15)6-14(13)30-18(20)21;/h5-6,12,18H,3-4,7-11H2,1-2H3,(H2,22,23,24);1H. The van der Waals surface area contributed by atoms with Crippen LogP contribution in [0.3, 0.4) is 0 Å². The van der Waals surface area contributed by atoms with Crippen molar-refractivity contribution in [2.45, 2.75) is 19.6 Å². The van der Waals surface area contributed by atoms with Crippen molar-refractivity contribution in [2.75, 3.05) is 47.2 Å². The van der Waals surface area contributed by atoms with Gasteiger partial charge in [0.25, 0.3) is 0 Å². The van der Waals surface area contributed by atoms with Gasteiger partial charge in [0.2, 0.25) is 12.7 Å². The Hall–Kier alpha value is -2.09. The second-order valence-corrected chi connectivity index (χ2v) is 7.11. The third-order valence-corrected chi connectivity index (χ3v) is 4.67. The number of ether oxygens (including phenoxy) is 4. The molecule has 2 aliphatic heterocycles. The maximum Gasteiger partial charge on any atom is 0.387 e. The molecule has 9 nitrogen and oxygen atoms in total. The fourth-order valence-corrected chi connectivity index (χ4v) is 2.94. The van der Waals surface area contributed by atoms with Gasteiger partial charge in [0.05, 0.1) is 19.7 Å². The number of guanidine groups is 1. The zero-order chi connectivity index (χ0) is 21.5. The van der Waals surface area contributed by atoms with E-state index in [-0.39, 0.29) is 55.5 Å². The molecule has 12 heteroatoms. The molecular weight excluding hydrogens is 529 g/mol. The molecule has 0 saturated carbocycles. The number of likely N-dealkylation sites (N-methyl/N-ethyl adjacent to an activating group) is 1. The van der Waals surface area contributed by atoms with Crippen LogP contribution in [0.25, 0.3) is 0 Å². The molecule has 1 aromatic carbocycles. The predicted octanol–water partition coefficient (Wildman–Crippen LogP) is 1.79. The largest absolute Gasteiger partial charge is 0.454 e. The molecule has 2 heterocycles. The number of nitrogens with one attached hydrogen (secondary N) is 2. The van der Waals surface area contributed by atoms with Gasteiger partial charge in [0.15, 0.2) is 17.5 Å². The zero-order valence-corrected chi connectivity index (χ0v) is 19.7. The average molecular weight is 556 g/mol. The number of hydrogen-bond acceptors (Lipinski definition) is 6. The number of fused-ring (bicyclic) bond motifs is 1. The molecule has 1 atom stereocenters. The highest BCUT2D eigenvalue weighted by Crippen LogP contribution is 2.39. The van der Waals surface area contributed by atoms with Crippen LogP contribution in [0, 0.1) is 5.92 Å². The van der Waals surface area contributed by atoms with Gasteiger partial charge in [-0.05, 0) is 12.5 Å². The van der Waals surface area contributed by atoms with Crippen molar-refractivity contribution in [3.63, 3.8) is 0 Å². The Kier molecular flexibility index (Phi) is 9.81. The third kappa shape index (κ3) is 7.52. The summed E-state index contributed by atoms with van der Waals surface area (Å²) in [6.45, 7) is -0.900. The highest BCUT2D eigenvalue weighted by atomic mass is 127. The summed E-state index contributed by atoms with van der Waals surface area (Å²) >= 11 is 0. The van der Waals surface area contributed by atoms with E-state index >= 15 is 0 Å². The molecule has 1 unspecified atom stereocenters. The molecule has 1 fully saturated rings. The van der Waals surface area contributed by atoms with E-state index in [2.05, 4.69) is 20.4 Å². The second-order valence-electron chi connectivity index (χ2n) is 7.11. The van der Waals surface area contributed by atoms with E-state index in [4.69, 9.17) is 14.2 Å². The molecule has 3 rings (SSSR count). The lowest BCUT2D eigenvalue weighted by atomic mass is 10.1. The van der Waals surface area contributed by atoms with Crippen molar-refractivity contribution in [1.29, 1.82) is 0 Å². The van der Waals surface area contributed by atoms with Crippen LogP contribution in [0.4, 0.5) is 8.78 Å². The number of rotatable bonds is 8. The van der Waals surface area contributed by atoms with Gasteiger partial charge < -0.3 is 34.5 Å². The maximum absolute atomic E-state index is 12.8. The Morgan fingerprint density at radius 1 is 1.29 bits per heavy atom. The Morgan fingerprint density at radius 3 is 2.68 bits per heavy atom. The fourth-order valence-electron chi connectivity index (χ4n) is 2.94. The second kappa shape index (κ2) is 12.1. The van der Waals surface area contributed by atoms with E-state index < -0.39 is 6.61 Å². The van der Waals surface area contributed by atoms with Gasteiger partial charge in [-0.25, -0.2) is 4.99 Å². The fraction of sp³-hybridized carbons (Fsp3) is 0.579. The van der Waals surface area contributed by atoms with Crippen LogP contribution in [0.5, 0.6) is 17.2 Å². The molecule has 1 aromatic rings. The van der Waals surface area contributed by atoms with E-state index in [1.165, 1.54) is 11.0 Å². The van der Waals surface area contributed by atoms with Gasteiger partial charge in [0.1, 0.15) is 5.75 Å². The zero-order valence-electron chi connectivity index (χ0n) is 17.4. The highest BCUT2D eigenvalue weighted by molar-refractivity contribution is 14.0. The van der Waals surface area contributed by atoms with Gasteiger partial charge in [0, 0.05) is 44.8 Å². The van der Waals surface area contributed by atoms with Crippen molar-refractivity contribution in [3.05, 3.63) is 17.7 Å². The van der Waals surface area contributed by atoms with Crippen molar-refractivity contribution in [3.8, 4) is 17.2 Å². The van der Waals surface area contributed by atoms with Crippen LogP contribution in [0.2, 0.25) is 0 Å². The number of nitrogens with zero attached hydrogens (tertiary/aromatic N) is 2. The molecule has 0 aromatic heterocycles. The summed E-state index contributed by atoms with van der Waals surface area (Å²) in [4.78, 5) is 17.8. The van der Waals surface area contributed by atoms with Gasteiger partial charge in [-0.1, -0.05) is 0 Å². The monoisotopic (exact) mass is 556 g/mol. The Balaban J connectivity index is 0.00000341. The number of carbonyl (C=O) groups excluding carboxylic acids is 1. The molecule has 1 saturated heterocycles. The van der Waals surface area contributed by atoms with E-state index in [1.807, 2.05) is 0 Å². The summed E-state index contributed by atoms with van der Waals surface area (Å²) < 4.78 is 46.2. The van der Waals surface area contributed by atoms with Crippen LogP contribution >= 0.6 is 24.0 Å². The Morgan fingerprint density at radius 2 is 2.03 bits per heavy atom. The minimum absolute atomic E-state index is 0. The Bertz CT molecular complexity index is 776. The number of alkyl halides is 2. The van der Waals surface area contributed by atoms with Crippen LogP contribution in [-0.2, 0) is 16.1 Å². The maximum atomic E-state index is 12.8. The molecular formula is C19H27F2IN4O5. The van der Waals surface area contributed by atoms with Crippen molar-refractivity contribution in [2.24, 2.45) is 10.9 Å². The van der Waals surface area contributed by atoms with E-state index in [0.29, 0.717) is 42.1 Å². The van der Waals surface area contributed by atoms with Gasteiger partial charge >= 0.3 is 6.61 Å². The van der Waals surface area contributed by atoms with Gasteiger partial charge in [-0.3, -0.25) is 4.79 Å². The summed E-state index contributed by atoms with van der Waals surface area (Å²) in [5.74, 6) is 1.34. The van der Waals surface area contributed by atoms with Crippen LogP contribution < -0.4 is 24.8 Å². The third-order valence-electron chi connectivity index (χ3n) is 4.67. The SMILES string of the molecule is CN(C)C(=O)CNC(=NCc1cc2c(cc1OC(F)F)OCO2)NCC1CCOC1.I. The van der Waals surface area contributed by atoms with Crippen LogP contribution in [-0.4, -0.2) is 70.6 Å². The van der Waals surface area contributed by atoms with Crippen LogP contribution in [0.1, 0.15) is 12.0 Å². The molecule has 174 valence electrons. The molecule has 0 aliphatic carbocycles. The molecule has 2 N–H and O–H groups in total. The first-order chi connectivity index (χ1) is 14.4. The lowest BCUT2D eigenvalue weighted by molar-refractivity contribution is -0.127. The number of halogens is 3. The topological polar surface area (TPSA) is 93.7 Å². The smallest absolute Gasteiger partial charge is 0.387 e. The quantitative estimate of drug-likeness (QED) is 0.287. The van der Waals surface area contributed by atoms with E-state index in [0.717, 1.165) is 13.0 Å². The molecule has 0 radical (unpaired) electrons. The van der Waals surface area contributed by atoms with Crippen molar-refractivity contribution >= 4 is 35.8 Å². The predicted molar refractivity (Wildman–Crippen MR) is 119 cm³/mol. The van der Waals surface area contributed by atoms with Crippen LogP contribution in [0.15, 0.2) is 17.1 Å². The molecule has 1 amide bonds. The van der Waals surface area contributed by atoms with Crippen molar-refractivity contribution in [1.82, 2.24) is 15.5 Å². The lowest BCUT2D eigenvalue weighted by Gasteiger charge is -2.17. The van der Waals surface area contributed by atoms with Gasteiger partial charge in [-0.15, -0.1) is 24.0 Å². The molecule has 31 heavy (non-hydrogen) atoms. The van der Waals surface area contributed by atoms with E-state index in [9.17, 15) is 13.6 Å². The number of carbonyl (C=O) groups is 1. The highest BCUT2D eigenvalue weighted by Gasteiger charge is 2.20. The summed E-state index contributed by atoms with van der Waals surface area (Å²) in [6.07, 6.45) is 0.936. The number of amides is 1. The normalized spacial score (nSPS) is 17.3. The first-order valence-corrected chi connectivity index (χ1v) is 9.59. The minimum atomic E-state index is -2.98. The number of aliphatic imine (C=N–C) groups is 1. The molecule has 0 spiro atoms. The molecule has 0 bridgehead atoms. The number of hydrogen-bond donors (Lipinski definition) is 2. The van der Waals surface area contributed by atoms with Crippen molar-refractivity contribution < 1.29 is 32.5 Å². The Labute approximate surface area is 196 Å².